The molecule has 12 heavy (non-hydrogen) atoms. The Balaban J connectivity index is 2.72. The average Bonchev–Trinajstić information content (AvgIpc) is 2.06. The summed E-state index contributed by atoms with van der Waals surface area (Å²) in [5.41, 5.74) is 8.49. The maximum atomic E-state index is 5.60. The van der Waals surface area contributed by atoms with E-state index in [4.69, 9.17) is 5.73 Å². The lowest BCUT2D eigenvalue weighted by atomic mass is 10.3. The van der Waals surface area contributed by atoms with Gasteiger partial charge in [0.15, 0.2) is 0 Å². The molecule has 0 atom stereocenters. The molecule has 0 saturated heterocycles. The van der Waals surface area contributed by atoms with Gasteiger partial charge in [-0.05, 0) is 26.0 Å². The zero-order valence-corrected chi connectivity index (χ0v) is 7.46. The van der Waals surface area contributed by atoms with Gasteiger partial charge in [0.25, 0.3) is 0 Å². The van der Waals surface area contributed by atoms with E-state index in [1.807, 2.05) is 44.2 Å². The summed E-state index contributed by atoms with van der Waals surface area (Å²) in [7, 11) is 0. The van der Waals surface area contributed by atoms with Crippen LogP contribution in [0, 0.1) is 0 Å². The molecule has 1 rings (SSSR count). The molecule has 64 valence electrons. The van der Waals surface area contributed by atoms with E-state index < -0.39 is 0 Å². The summed E-state index contributed by atoms with van der Waals surface area (Å²) >= 11 is 0. The van der Waals surface area contributed by atoms with Crippen molar-refractivity contribution in [2.45, 2.75) is 13.8 Å². The SMILES string of the molecule is C/C(N)=C(\C)Nc1ccccc1. The lowest BCUT2D eigenvalue weighted by Gasteiger charge is -2.07. The van der Waals surface area contributed by atoms with Crippen molar-refractivity contribution in [1.29, 1.82) is 0 Å². The van der Waals surface area contributed by atoms with E-state index in [1.165, 1.54) is 0 Å². The number of nitrogens with one attached hydrogen (secondary N) is 1. The van der Waals surface area contributed by atoms with Crippen molar-refractivity contribution in [3.05, 3.63) is 41.7 Å². The number of allylic oxidation sites excluding steroid dienone is 2. The molecule has 0 amide bonds. The summed E-state index contributed by atoms with van der Waals surface area (Å²) in [6, 6.07) is 9.97. The number of anilines is 1. The minimum Gasteiger partial charge on any atom is -0.401 e. The predicted molar refractivity (Wildman–Crippen MR) is 52.6 cm³/mol. The normalized spacial score (nSPS) is 12.2. The first kappa shape index (κ1) is 8.65. The van der Waals surface area contributed by atoms with Crippen molar-refractivity contribution in [1.82, 2.24) is 0 Å². The fourth-order valence-corrected chi connectivity index (χ4v) is 0.837. The van der Waals surface area contributed by atoms with Gasteiger partial charge in [0.2, 0.25) is 0 Å². The quantitative estimate of drug-likeness (QED) is 0.700. The highest BCUT2D eigenvalue weighted by Gasteiger charge is 1.92. The van der Waals surface area contributed by atoms with Gasteiger partial charge in [0.05, 0.1) is 0 Å². The molecule has 2 heteroatoms. The van der Waals surface area contributed by atoms with Crippen LogP contribution in [-0.4, -0.2) is 0 Å². The Hall–Kier alpha value is -1.44. The second-order valence-electron chi connectivity index (χ2n) is 2.80. The first-order valence-corrected chi connectivity index (χ1v) is 3.95. The van der Waals surface area contributed by atoms with E-state index in [2.05, 4.69) is 5.32 Å². The molecule has 0 radical (unpaired) electrons. The topological polar surface area (TPSA) is 38.0 Å². The monoisotopic (exact) mass is 162 g/mol. The zero-order chi connectivity index (χ0) is 8.97. The molecule has 1 aromatic carbocycles. The molecular weight excluding hydrogens is 148 g/mol. The molecular formula is C10H14N2. The second kappa shape index (κ2) is 3.81. The highest BCUT2D eigenvalue weighted by atomic mass is 14.9. The van der Waals surface area contributed by atoms with Crippen LogP contribution in [0.3, 0.4) is 0 Å². The smallest absolute Gasteiger partial charge is 0.0382 e. The number of nitrogens with two attached hydrogens (primary N) is 1. The van der Waals surface area contributed by atoms with Crippen LogP contribution < -0.4 is 11.1 Å². The van der Waals surface area contributed by atoms with Gasteiger partial charge in [-0.15, -0.1) is 0 Å². The third kappa shape index (κ3) is 2.31. The molecule has 0 bridgehead atoms. The number of hydrogen-bond acceptors (Lipinski definition) is 2. The molecule has 0 aliphatic heterocycles. The largest absolute Gasteiger partial charge is 0.401 e. The fraction of sp³-hybridized carbons (Fsp3) is 0.200. The van der Waals surface area contributed by atoms with Crippen LogP contribution >= 0.6 is 0 Å². The molecule has 0 unspecified atom stereocenters. The summed E-state index contributed by atoms with van der Waals surface area (Å²) in [5, 5.41) is 3.20. The van der Waals surface area contributed by atoms with Gasteiger partial charge in [-0.1, -0.05) is 18.2 Å². The van der Waals surface area contributed by atoms with Crippen LogP contribution in [0.4, 0.5) is 5.69 Å². The zero-order valence-electron chi connectivity index (χ0n) is 7.46. The number of para-hydroxylation sites is 1. The van der Waals surface area contributed by atoms with Gasteiger partial charge < -0.3 is 11.1 Å². The van der Waals surface area contributed by atoms with Gasteiger partial charge in [0.1, 0.15) is 0 Å². The van der Waals surface area contributed by atoms with Crippen LogP contribution in [0.15, 0.2) is 41.7 Å². The number of benzene rings is 1. The van der Waals surface area contributed by atoms with E-state index in [-0.39, 0.29) is 0 Å². The lowest BCUT2D eigenvalue weighted by molar-refractivity contribution is 1.19. The van der Waals surface area contributed by atoms with E-state index in [0.29, 0.717) is 0 Å². The molecule has 0 saturated carbocycles. The number of rotatable bonds is 2. The highest BCUT2D eigenvalue weighted by Crippen LogP contribution is 2.09. The molecule has 0 spiro atoms. The van der Waals surface area contributed by atoms with Crippen molar-refractivity contribution in [3.63, 3.8) is 0 Å². The lowest BCUT2D eigenvalue weighted by Crippen LogP contribution is -2.03. The van der Waals surface area contributed by atoms with Gasteiger partial charge in [-0.2, -0.15) is 0 Å². The second-order valence-corrected chi connectivity index (χ2v) is 2.80. The minimum absolute atomic E-state index is 0.818. The van der Waals surface area contributed by atoms with E-state index in [1.54, 1.807) is 0 Å². The van der Waals surface area contributed by atoms with Gasteiger partial charge in [0, 0.05) is 17.1 Å². The maximum Gasteiger partial charge on any atom is 0.0382 e. The minimum atomic E-state index is 0.818. The third-order valence-corrected chi connectivity index (χ3v) is 1.70. The van der Waals surface area contributed by atoms with Gasteiger partial charge >= 0.3 is 0 Å². The average molecular weight is 162 g/mol. The van der Waals surface area contributed by atoms with Crippen LogP contribution in [0.1, 0.15) is 13.8 Å². The van der Waals surface area contributed by atoms with Crippen molar-refractivity contribution < 1.29 is 0 Å². The summed E-state index contributed by atoms with van der Waals surface area (Å²) in [5.74, 6) is 0. The molecule has 0 aromatic heterocycles. The summed E-state index contributed by atoms with van der Waals surface area (Å²) in [6.07, 6.45) is 0. The summed E-state index contributed by atoms with van der Waals surface area (Å²) < 4.78 is 0. The standard InChI is InChI=1S/C10H14N2/c1-8(11)9(2)12-10-6-4-3-5-7-10/h3-7,12H,11H2,1-2H3/b9-8-. The molecule has 2 nitrogen and oxygen atoms in total. The third-order valence-electron chi connectivity index (χ3n) is 1.70. The Bertz CT molecular complexity index is 271. The van der Waals surface area contributed by atoms with Gasteiger partial charge in [-0.3, -0.25) is 0 Å². The summed E-state index contributed by atoms with van der Waals surface area (Å²) in [6.45, 7) is 3.84. The van der Waals surface area contributed by atoms with Crippen molar-refractivity contribution in [2.24, 2.45) is 5.73 Å². The molecule has 0 aliphatic rings. The fourth-order valence-electron chi connectivity index (χ4n) is 0.837. The van der Waals surface area contributed by atoms with Crippen molar-refractivity contribution in [2.75, 3.05) is 5.32 Å². The van der Waals surface area contributed by atoms with Crippen molar-refractivity contribution >= 4 is 5.69 Å². The van der Waals surface area contributed by atoms with Crippen molar-refractivity contribution in [3.8, 4) is 0 Å². The number of hydrogen-bond donors (Lipinski definition) is 2. The van der Waals surface area contributed by atoms with Crippen LogP contribution in [0.25, 0.3) is 0 Å². The first-order valence-electron chi connectivity index (χ1n) is 3.95. The van der Waals surface area contributed by atoms with E-state index in [9.17, 15) is 0 Å². The Morgan fingerprint density at radius 2 is 1.75 bits per heavy atom. The predicted octanol–water partition coefficient (Wildman–Crippen LogP) is 2.31. The Morgan fingerprint density at radius 1 is 1.17 bits per heavy atom. The Labute approximate surface area is 73.1 Å². The first-order chi connectivity index (χ1) is 5.70. The van der Waals surface area contributed by atoms with E-state index >= 15 is 0 Å². The molecule has 0 aliphatic carbocycles. The van der Waals surface area contributed by atoms with Gasteiger partial charge in [-0.25, -0.2) is 0 Å². The molecule has 0 fully saturated rings. The molecule has 3 N–H and O–H groups in total. The highest BCUT2D eigenvalue weighted by molar-refractivity contribution is 5.47. The summed E-state index contributed by atoms with van der Waals surface area (Å²) in [4.78, 5) is 0. The Kier molecular flexibility index (Phi) is 2.75. The van der Waals surface area contributed by atoms with Crippen LogP contribution in [-0.2, 0) is 0 Å². The van der Waals surface area contributed by atoms with Crippen LogP contribution in [0.2, 0.25) is 0 Å². The van der Waals surface area contributed by atoms with Crippen LogP contribution in [0.5, 0.6) is 0 Å². The maximum absolute atomic E-state index is 5.60. The molecule has 1 aromatic rings. The van der Waals surface area contributed by atoms with E-state index in [0.717, 1.165) is 17.1 Å². The Morgan fingerprint density at radius 3 is 2.25 bits per heavy atom. The molecule has 0 heterocycles.